The zero-order valence-electron chi connectivity index (χ0n) is 7.33. The number of hydrogen-bond donors (Lipinski definition) is 1. The summed E-state index contributed by atoms with van der Waals surface area (Å²) in [5, 5.41) is 9.61. The summed E-state index contributed by atoms with van der Waals surface area (Å²) in [4.78, 5) is 0. The topological polar surface area (TPSA) is 29.5 Å². The maximum absolute atomic E-state index is 12.8. The Labute approximate surface area is 76.0 Å². The normalized spacial score (nSPS) is 26.4. The average molecular weight is 182 g/mol. The molecule has 13 heavy (non-hydrogen) atoms. The second kappa shape index (κ2) is 3.00. The molecule has 0 fully saturated rings. The van der Waals surface area contributed by atoms with Crippen LogP contribution in [-0.4, -0.2) is 11.2 Å². The summed E-state index contributed by atoms with van der Waals surface area (Å²) in [7, 11) is 0. The van der Waals surface area contributed by atoms with Gasteiger partial charge in [0.15, 0.2) is 0 Å². The highest BCUT2D eigenvalue weighted by Crippen LogP contribution is 2.34. The quantitative estimate of drug-likeness (QED) is 0.665. The predicted octanol–water partition coefficient (Wildman–Crippen LogP) is 2.03. The van der Waals surface area contributed by atoms with Gasteiger partial charge in [-0.05, 0) is 25.1 Å². The van der Waals surface area contributed by atoms with Crippen molar-refractivity contribution in [1.29, 1.82) is 0 Å². The molecule has 2 nitrogen and oxygen atoms in total. The molecule has 0 aliphatic carbocycles. The Morgan fingerprint density at radius 1 is 1.54 bits per heavy atom. The lowest BCUT2D eigenvalue weighted by molar-refractivity contribution is 0.0745. The predicted molar refractivity (Wildman–Crippen MR) is 46.1 cm³/mol. The molecule has 0 bridgehead atoms. The highest BCUT2D eigenvalue weighted by atomic mass is 19.1. The highest BCUT2D eigenvalue weighted by molar-refractivity contribution is 5.37. The van der Waals surface area contributed by atoms with Crippen LogP contribution in [0.2, 0.25) is 0 Å². The van der Waals surface area contributed by atoms with E-state index in [1.54, 1.807) is 6.07 Å². The van der Waals surface area contributed by atoms with Gasteiger partial charge in [-0.25, -0.2) is 4.39 Å². The van der Waals surface area contributed by atoms with Crippen molar-refractivity contribution in [1.82, 2.24) is 0 Å². The molecule has 70 valence electrons. The van der Waals surface area contributed by atoms with E-state index in [2.05, 4.69) is 0 Å². The van der Waals surface area contributed by atoms with Gasteiger partial charge in [0, 0.05) is 12.0 Å². The van der Waals surface area contributed by atoms with E-state index >= 15 is 0 Å². The molecule has 1 aliphatic rings. The van der Waals surface area contributed by atoms with Crippen molar-refractivity contribution in [3.05, 3.63) is 29.6 Å². The number of ether oxygens (including phenoxy) is 1. The number of halogens is 1. The first-order chi connectivity index (χ1) is 6.16. The van der Waals surface area contributed by atoms with Crippen LogP contribution in [-0.2, 0) is 0 Å². The number of hydrogen-bond acceptors (Lipinski definition) is 2. The minimum atomic E-state index is -0.602. The fourth-order valence-corrected chi connectivity index (χ4v) is 1.59. The second-order valence-corrected chi connectivity index (χ2v) is 3.36. The third-order valence-electron chi connectivity index (χ3n) is 2.21. The number of aliphatic hydroxyl groups is 1. The Hall–Kier alpha value is -1.09. The molecular formula is C10H11FO2. The third-order valence-corrected chi connectivity index (χ3v) is 2.21. The number of benzene rings is 1. The maximum atomic E-state index is 12.8. The lowest BCUT2D eigenvalue weighted by atomic mass is 10.00. The minimum absolute atomic E-state index is 0.00652. The van der Waals surface area contributed by atoms with Crippen LogP contribution >= 0.6 is 0 Å². The van der Waals surface area contributed by atoms with Crippen molar-refractivity contribution >= 4 is 0 Å². The van der Waals surface area contributed by atoms with Crippen LogP contribution in [0.4, 0.5) is 4.39 Å². The fraction of sp³-hybridized carbons (Fsp3) is 0.400. The fourth-order valence-electron chi connectivity index (χ4n) is 1.59. The maximum Gasteiger partial charge on any atom is 0.125 e. The molecular weight excluding hydrogens is 171 g/mol. The summed E-state index contributed by atoms with van der Waals surface area (Å²) in [6.45, 7) is 1.88. The van der Waals surface area contributed by atoms with Gasteiger partial charge in [-0.3, -0.25) is 0 Å². The first-order valence-corrected chi connectivity index (χ1v) is 4.31. The molecule has 1 aromatic rings. The average Bonchev–Trinajstić information content (AvgIpc) is 2.06. The van der Waals surface area contributed by atoms with Crippen LogP contribution in [0.25, 0.3) is 0 Å². The van der Waals surface area contributed by atoms with Gasteiger partial charge in [0.05, 0.1) is 12.2 Å². The summed E-state index contributed by atoms with van der Waals surface area (Å²) >= 11 is 0. The molecule has 0 aromatic heterocycles. The molecule has 1 unspecified atom stereocenters. The van der Waals surface area contributed by atoms with Crippen LogP contribution in [0.15, 0.2) is 18.2 Å². The first kappa shape index (κ1) is 8.51. The van der Waals surface area contributed by atoms with Crippen molar-refractivity contribution in [3.8, 4) is 5.75 Å². The summed E-state index contributed by atoms with van der Waals surface area (Å²) in [5.74, 6) is 0.253. The van der Waals surface area contributed by atoms with Crippen molar-refractivity contribution in [2.75, 3.05) is 0 Å². The third kappa shape index (κ3) is 1.52. The molecule has 2 atom stereocenters. The minimum Gasteiger partial charge on any atom is -0.490 e. The van der Waals surface area contributed by atoms with Crippen LogP contribution < -0.4 is 4.74 Å². The standard InChI is InChI=1S/C10H11FO2/c1-6-4-9(12)8-5-7(11)2-3-10(8)13-6/h2-3,5-6,9,12H,4H2,1H3/t6?,9-/m0/s1. The van der Waals surface area contributed by atoms with E-state index in [1.165, 1.54) is 12.1 Å². The van der Waals surface area contributed by atoms with Gasteiger partial charge in [0.1, 0.15) is 11.6 Å². The molecule has 1 N–H and O–H groups in total. The molecule has 1 aliphatic heterocycles. The van der Waals surface area contributed by atoms with E-state index in [1.807, 2.05) is 6.92 Å². The monoisotopic (exact) mass is 182 g/mol. The zero-order chi connectivity index (χ0) is 9.42. The Bertz CT molecular complexity index is 325. The van der Waals surface area contributed by atoms with Gasteiger partial charge in [-0.1, -0.05) is 0 Å². The molecule has 1 heterocycles. The van der Waals surface area contributed by atoms with Crippen LogP contribution in [0.3, 0.4) is 0 Å². The van der Waals surface area contributed by atoms with Gasteiger partial charge in [-0.2, -0.15) is 0 Å². The molecule has 0 saturated heterocycles. The van der Waals surface area contributed by atoms with E-state index < -0.39 is 6.10 Å². The Balaban J connectivity index is 2.43. The number of fused-ring (bicyclic) bond motifs is 1. The lowest BCUT2D eigenvalue weighted by Gasteiger charge is -2.27. The summed E-state index contributed by atoms with van der Waals surface area (Å²) in [5.41, 5.74) is 0.554. The molecule has 1 aromatic carbocycles. The first-order valence-electron chi connectivity index (χ1n) is 4.31. The second-order valence-electron chi connectivity index (χ2n) is 3.36. The lowest BCUT2D eigenvalue weighted by Crippen LogP contribution is -2.22. The van der Waals surface area contributed by atoms with Gasteiger partial charge >= 0.3 is 0 Å². The summed E-state index contributed by atoms with van der Waals surface area (Å²) in [6, 6.07) is 4.22. The summed E-state index contributed by atoms with van der Waals surface area (Å²) < 4.78 is 18.2. The van der Waals surface area contributed by atoms with Gasteiger partial charge in [0.25, 0.3) is 0 Å². The van der Waals surface area contributed by atoms with Gasteiger partial charge < -0.3 is 9.84 Å². The zero-order valence-corrected chi connectivity index (χ0v) is 7.33. The van der Waals surface area contributed by atoms with Gasteiger partial charge in [0.2, 0.25) is 0 Å². The Kier molecular flexibility index (Phi) is 1.96. The SMILES string of the molecule is CC1C[C@H](O)c2cc(F)ccc2O1. The molecule has 3 heteroatoms. The van der Waals surface area contributed by atoms with E-state index in [9.17, 15) is 9.50 Å². The smallest absolute Gasteiger partial charge is 0.125 e. The number of rotatable bonds is 0. The molecule has 0 spiro atoms. The van der Waals surface area contributed by atoms with Crippen molar-refractivity contribution in [2.24, 2.45) is 0 Å². The van der Waals surface area contributed by atoms with Crippen molar-refractivity contribution in [2.45, 2.75) is 25.6 Å². The number of aliphatic hydroxyl groups excluding tert-OH is 1. The molecule has 2 rings (SSSR count). The molecule has 0 amide bonds. The molecule has 0 saturated carbocycles. The van der Waals surface area contributed by atoms with Crippen molar-refractivity contribution in [3.63, 3.8) is 0 Å². The van der Waals surface area contributed by atoms with E-state index in [-0.39, 0.29) is 11.9 Å². The van der Waals surface area contributed by atoms with E-state index in [0.29, 0.717) is 17.7 Å². The highest BCUT2D eigenvalue weighted by Gasteiger charge is 2.24. The largest absolute Gasteiger partial charge is 0.490 e. The van der Waals surface area contributed by atoms with E-state index in [4.69, 9.17) is 4.74 Å². The van der Waals surface area contributed by atoms with Crippen LogP contribution in [0.1, 0.15) is 25.0 Å². The summed E-state index contributed by atoms with van der Waals surface area (Å²) in [6.07, 6.45) is -0.0846. The molecule has 0 radical (unpaired) electrons. The van der Waals surface area contributed by atoms with E-state index in [0.717, 1.165) is 0 Å². The Morgan fingerprint density at radius 3 is 3.08 bits per heavy atom. The Morgan fingerprint density at radius 2 is 2.31 bits per heavy atom. The van der Waals surface area contributed by atoms with Crippen molar-refractivity contribution < 1.29 is 14.2 Å². The van der Waals surface area contributed by atoms with Crippen LogP contribution in [0.5, 0.6) is 5.75 Å². The van der Waals surface area contributed by atoms with Crippen LogP contribution in [0, 0.1) is 5.82 Å². The van der Waals surface area contributed by atoms with Gasteiger partial charge in [-0.15, -0.1) is 0 Å².